The molecule has 3 fully saturated rings. The van der Waals surface area contributed by atoms with Crippen molar-refractivity contribution in [1.82, 2.24) is 10.2 Å². The van der Waals surface area contributed by atoms with Gasteiger partial charge in [-0.3, -0.25) is 19.2 Å². The summed E-state index contributed by atoms with van der Waals surface area (Å²) in [5.74, 6) is -4.73. The highest BCUT2D eigenvalue weighted by molar-refractivity contribution is 6.01. The minimum Gasteiger partial charge on any atom is -0.472 e. The topological polar surface area (TPSA) is 122 Å². The number of aromatic nitrogens is 2. The van der Waals surface area contributed by atoms with E-state index in [9.17, 15) is 19.2 Å². The number of ether oxygens (including phenoxy) is 3. The summed E-state index contributed by atoms with van der Waals surface area (Å²) in [7, 11) is 0. The molecule has 222 valence electrons. The van der Waals surface area contributed by atoms with Crippen LogP contribution >= 0.6 is 0 Å². The first kappa shape index (κ1) is 28.5. The fourth-order valence-corrected chi connectivity index (χ4v) is 7.55. The van der Waals surface area contributed by atoms with Gasteiger partial charge in [-0.15, -0.1) is 5.10 Å². The van der Waals surface area contributed by atoms with Crippen LogP contribution in [0.25, 0.3) is 0 Å². The molecule has 42 heavy (non-hydrogen) atoms. The molecule has 9 nitrogen and oxygen atoms in total. The number of benzene rings is 1. The van der Waals surface area contributed by atoms with Crippen molar-refractivity contribution in [3.05, 3.63) is 53.2 Å². The Morgan fingerprint density at radius 3 is 2.24 bits per heavy atom. The average molecular weight is 575 g/mol. The van der Waals surface area contributed by atoms with Crippen molar-refractivity contribution in [1.29, 1.82) is 0 Å². The summed E-state index contributed by atoms with van der Waals surface area (Å²) in [6.45, 7) is 2.24. The number of nitrogens with zero attached hydrogens (tertiary/aromatic N) is 2. The Bertz CT molecular complexity index is 1330. The van der Waals surface area contributed by atoms with Gasteiger partial charge in [-0.05, 0) is 48.8 Å². The van der Waals surface area contributed by atoms with Crippen LogP contribution in [0.3, 0.4) is 0 Å². The highest BCUT2D eigenvalue weighted by Gasteiger charge is 2.60. The van der Waals surface area contributed by atoms with Gasteiger partial charge in [0.05, 0.1) is 24.0 Å². The average Bonchev–Trinajstić information content (AvgIpc) is 3.49. The first-order chi connectivity index (χ1) is 20.4. The van der Waals surface area contributed by atoms with Crippen LogP contribution in [0.1, 0.15) is 112 Å². The van der Waals surface area contributed by atoms with E-state index in [0.29, 0.717) is 17.0 Å². The lowest BCUT2D eigenvalue weighted by molar-refractivity contribution is -0.156. The number of cyclic esters (lactones) is 4. The fourth-order valence-electron chi connectivity index (χ4n) is 7.55. The molecule has 1 aromatic carbocycles. The Morgan fingerprint density at radius 1 is 0.786 bits per heavy atom. The van der Waals surface area contributed by atoms with Crippen LogP contribution in [-0.4, -0.2) is 40.2 Å². The predicted molar refractivity (Wildman–Crippen MR) is 150 cm³/mol. The molecular formula is C33H38N2O7. The van der Waals surface area contributed by atoms with E-state index in [2.05, 4.69) is 17.1 Å². The number of fused-ring (bicyclic) bond motifs is 3. The Hall–Kier alpha value is -3.62. The fraction of sp³-hybridized carbons (Fsp3) is 0.576. The second-order valence-corrected chi connectivity index (χ2v) is 12.3. The van der Waals surface area contributed by atoms with E-state index in [0.717, 1.165) is 24.5 Å². The van der Waals surface area contributed by atoms with Crippen LogP contribution in [0.2, 0.25) is 0 Å². The molecule has 1 aromatic heterocycles. The van der Waals surface area contributed by atoms with Gasteiger partial charge in [0.1, 0.15) is 12.0 Å². The zero-order valence-corrected chi connectivity index (χ0v) is 24.0. The molecule has 2 aliphatic carbocycles. The number of carbonyl (C=O) groups is 4. The highest BCUT2D eigenvalue weighted by atomic mass is 16.6. The summed E-state index contributed by atoms with van der Waals surface area (Å²) >= 11 is 0. The van der Waals surface area contributed by atoms with Crippen LogP contribution in [0, 0.1) is 17.8 Å². The second-order valence-electron chi connectivity index (χ2n) is 12.3. The van der Waals surface area contributed by atoms with Crippen LogP contribution in [0.5, 0.6) is 5.88 Å². The van der Waals surface area contributed by atoms with Gasteiger partial charge < -0.3 is 14.2 Å². The molecule has 0 amide bonds. The van der Waals surface area contributed by atoms with Gasteiger partial charge in [-0.2, -0.15) is 5.10 Å². The van der Waals surface area contributed by atoms with Crippen LogP contribution in [0.4, 0.5) is 0 Å². The van der Waals surface area contributed by atoms with Crippen molar-refractivity contribution in [2.45, 2.75) is 101 Å². The number of unbranched alkanes of at least 4 members (excludes halogenated alkanes) is 4. The minimum atomic E-state index is -0.986. The highest BCUT2D eigenvalue weighted by Crippen LogP contribution is 2.52. The smallest absolute Gasteiger partial charge is 0.322 e. The van der Waals surface area contributed by atoms with Gasteiger partial charge in [0.25, 0.3) is 0 Å². The quantitative estimate of drug-likeness (QED) is 0.205. The lowest BCUT2D eigenvalue weighted by Gasteiger charge is -2.39. The lowest BCUT2D eigenvalue weighted by atomic mass is 9.65. The number of hydrogen-bond donors (Lipinski definition) is 0. The Kier molecular flexibility index (Phi) is 8.36. The van der Waals surface area contributed by atoms with Crippen molar-refractivity contribution in [2.24, 2.45) is 17.8 Å². The molecule has 5 unspecified atom stereocenters. The van der Waals surface area contributed by atoms with Gasteiger partial charge >= 0.3 is 23.9 Å². The maximum absolute atomic E-state index is 13.0. The van der Waals surface area contributed by atoms with Crippen LogP contribution in [0.15, 0.2) is 36.4 Å². The molecule has 2 aliphatic heterocycles. The zero-order chi connectivity index (χ0) is 29.2. The van der Waals surface area contributed by atoms with Gasteiger partial charge in [0.2, 0.25) is 5.88 Å². The molecule has 0 radical (unpaired) electrons. The molecule has 3 heterocycles. The van der Waals surface area contributed by atoms with E-state index < -0.39 is 53.7 Å². The van der Waals surface area contributed by atoms with Crippen molar-refractivity contribution in [2.75, 3.05) is 0 Å². The molecular weight excluding hydrogens is 536 g/mol. The van der Waals surface area contributed by atoms with Crippen molar-refractivity contribution in [3.63, 3.8) is 0 Å². The molecule has 0 bridgehead atoms. The Balaban J connectivity index is 1.18. The van der Waals surface area contributed by atoms with Gasteiger partial charge in [-0.25, -0.2) is 0 Å². The van der Waals surface area contributed by atoms with E-state index in [4.69, 9.17) is 14.2 Å². The number of carbonyl (C=O) groups excluding carboxylic acids is 4. The van der Waals surface area contributed by atoms with E-state index in [1.807, 2.05) is 6.07 Å². The summed E-state index contributed by atoms with van der Waals surface area (Å²) in [5, 5.41) is 8.86. The van der Waals surface area contributed by atoms with Gasteiger partial charge in [-0.1, -0.05) is 69.7 Å². The molecule has 4 aliphatic rings. The van der Waals surface area contributed by atoms with E-state index in [-0.39, 0.29) is 12.3 Å². The van der Waals surface area contributed by atoms with Crippen LogP contribution < -0.4 is 4.74 Å². The third-order valence-electron chi connectivity index (χ3n) is 9.72. The number of esters is 4. The van der Waals surface area contributed by atoms with Crippen molar-refractivity contribution in [3.8, 4) is 5.88 Å². The summed E-state index contributed by atoms with van der Waals surface area (Å²) in [6, 6.07) is 10.8. The van der Waals surface area contributed by atoms with Gasteiger partial charge in [0.15, 0.2) is 0 Å². The molecule has 6 rings (SSSR count). The molecule has 2 aromatic rings. The molecule has 9 heteroatoms. The Morgan fingerprint density at radius 2 is 1.55 bits per heavy atom. The number of rotatable bonds is 10. The van der Waals surface area contributed by atoms with Gasteiger partial charge in [0, 0.05) is 17.9 Å². The predicted octanol–water partition coefficient (Wildman–Crippen LogP) is 5.53. The third kappa shape index (κ3) is 5.57. The molecule has 2 saturated heterocycles. The first-order valence-corrected chi connectivity index (χ1v) is 15.5. The second kappa shape index (κ2) is 12.3. The standard InChI is InChI=1S/C33H38N2O7/c1-2-3-4-5-6-9-19-12-14-20(15-13-19)24-16-17-25(35-34-24)40-30-27(23-18-26(36)41-31(23)37)21-10-7-8-11-22(21)28-29(30)33(39)42-32(28)38/h7-8,10-11,16-17,19-20,23,27-30H,2-6,9,12-15,18H2,1H3. The summed E-state index contributed by atoms with van der Waals surface area (Å²) < 4.78 is 16.3. The van der Waals surface area contributed by atoms with E-state index >= 15 is 0 Å². The summed E-state index contributed by atoms with van der Waals surface area (Å²) in [5.41, 5.74) is 2.19. The summed E-state index contributed by atoms with van der Waals surface area (Å²) in [6.07, 6.45) is 11.4. The maximum Gasteiger partial charge on any atom is 0.322 e. The van der Waals surface area contributed by atoms with E-state index in [1.54, 1.807) is 30.3 Å². The normalized spacial score (nSPS) is 30.5. The largest absolute Gasteiger partial charge is 0.472 e. The molecule has 0 N–H and O–H groups in total. The molecule has 0 spiro atoms. The van der Waals surface area contributed by atoms with Crippen LogP contribution in [-0.2, 0) is 28.7 Å². The lowest BCUT2D eigenvalue weighted by Crippen LogP contribution is -2.46. The first-order valence-electron chi connectivity index (χ1n) is 15.5. The maximum atomic E-state index is 13.0. The SMILES string of the molecule is CCCCCCCC1CCC(c2ccc(OC3C4C(=O)OC(=O)C4c4ccccc4C3C3CC(=O)OC3=O)nn2)CC1. The monoisotopic (exact) mass is 574 g/mol. The Labute approximate surface area is 245 Å². The molecule has 5 atom stereocenters. The minimum absolute atomic E-state index is 0.135. The van der Waals surface area contributed by atoms with Crippen molar-refractivity contribution >= 4 is 23.9 Å². The molecule has 1 saturated carbocycles. The number of hydrogen-bond acceptors (Lipinski definition) is 9. The summed E-state index contributed by atoms with van der Waals surface area (Å²) in [4.78, 5) is 50.6. The zero-order valence-electron chi connectivity index (χ0n) is 24.0. The third-order valence-corrected chi connectivity index (χ3v) is 9.72. The van der Waals surface area contributed by atoms with E-state index in [1.165, 1.54) is 51.4 Å². The van der Waals surface area contributed by atoms with Crippen molar-refractivity contribution < 1.29 is 33.4 Å².